The van der Waals surface area contributed by atoms with E-state index >= 15 is 0 Å². The molecule has 3 heterocycles. The van der Waals surface area contributed by atoms with Gasteiger partial charge in [-0.1, -0.05) is 12.1 Å². The molecule has 1 aromatic carbocycles. The van der Waals surface area contributed by atoms with Gasteiger partial charge in [-0.2, -0.15) is 5.26 Å². The summed E-state index contributed by atoms with van der Waals surface area (Å²) in [6.07, 6.45) is 3.25. The van der Waals surface area contributed by atoms with Gasteiger partial charge in [0.1, 0.15) is 23.2 Å². The van der Waals surface area contributed by atoms with Gasteiger partial charge in [0.25, 0.3) is 5.91 Å². The molecule has 29 heavy (non-hydrogen) atoms. The number of amides is 3. The zero-order chi connectivity index (χ0) is 20.4. The maximum absolute atomic E-state index is 13.3. The Kier molecular flexibility index (Phi) is 4.89. The van der Waals surface area contributed by atoms with E-state index < -0.39 is 11.6 Å². The summed E-state index contributed by atoms with van der Waals surface area (Å²) in [5.41, 5.74) is 0.227. The number of hydrogen-bond acceptors (Lipinski definition) is 5. The molecular weight excluding hydrogens is 373 g/mol. The third-order valence-corrected chi connectivity index (χ3v) is 5.76. The van der Waals surface area contributed by atoms with Gasteiger partial charge in [0.05, 0.1) is 5.56 Å². The van der Waals surface area contributed by atoms with Crippen molar-refractivity contribution >= 4 is 17.8 Å². The SMILES string of the molecule is N#Cc1cccnc1N1CCC(C2(Cc3ccc(F)cc3)NC(=O)NC2=O)CC1. The molecule has 2 saturated heterocycles. The lowest BCUT2D eigenvalue weighted by Gasteiger charge is -2.41. The minimum atomic E-state index is -1.07. The van der Waals surface area contributed by atoms with Crippen LogP contribution in [0.4, 0.5) is 15.0 Å². The lowest BCUT2D eigenvalue weighted by molar-refractivity contribution is -0.126. The predicted octanol–water partition coefficient (Wildman–Crippen LogP) is 2.13. The molecule has 7 nitrogen and oxygen atoms in total. The standard InChI is InChI=1S/C21H20FN5O2/c22-17-5-3-14(4-6-17)12-21(19(28)25-20(29)26-21)16-7-10-27(11-8-16)18-15(13-23)2-1-9-24-18/h1-6,9,16H,7-8,10-12H2,(H2,25,26,28,29). The van der Waals surface area contributed by atoms with Crippen LogP contribution in [0.1, 0.15) is 24.0 Å². The summed E-state index contributed by atoms with van der Waals surface area (Å²) in [6.45, 7) is 1.23. The van der Waals surface area contributed by atoms with Crippen molar-refractivity contribution in [3.63, 3.8) is 0 Å². The van der Waals surface area contributed by atoms with Gasteiger partial charge in [0, 0.05) is 25.7 Å². The molecule has 1 aromatic heterocycles. The van der Waals surface area contributed by atoms with Gasteiger partial charge in [-0.3, -0.25) is 10.1 Å². The maximum atomic E-state index is 13.3. The van der Waals surface area contributed by atoms with Crippen molar-refractivity contribution in [1.82, 2.24) is 15.6 Å². The van der Waals surface area contributed by atoms with E-state index in [4.69, 9.17) is 0 Å². The first-order valence-electron chi connectivity index (χ1n) is 9.50. The van der Waals surface area contributed by atoms with Crippen molar-refractivity contribution in [2.75, 3.05) is 18.0 Å². The fourth-order valence-electron chi connectivity index (χ4n) is 4.31. The van der Waals surface area contributed by atoms with Gasteiger partial charge in [-0.15, -0.1) is 0 Å². The van der Waals surface area contributed by atoms with Gasteiger partial charge in [0.15, 0.2) is 0 Å². The zero-order valence-electron chi connectivity index (χ0n) is 15.7. The summed E-state index contributed by atoms with van der Waals surface area (Å²) in [5, 5.41) is 14.5. The smallest absolute Gasteiger partial charge is 0.322 e. The predicted molar refractivity (Wildman–Crippen MR) is 103 cm³/mol. The van der Waals surface area contributed by atoms with E-state index in [0.29, 0.717) is 43.7 Å². The van der Waals surface area contributed by atoms with Crippen molar-refractivity contribution < 1.29 is 14.0 Å². The number of carbonyl (C=O) groups is 2. The molecule has 1 unspecified atom stereocenters. The number of aromatic nitrogens is 1. The largest absolute Gasteiger partial charge is 0.356 e. The number of halogens is 1. The molecule has 2 aliphatic heterocycles. The second kappa shape index (κ2) is 7.51. The number of urea groups is 1. The van der Waals surface area contributed by atoms with Crippen LogP contribution in [0.15, 0.2) is 42.6 Å². The lowest BCUT2D eigenvalue weighted by Crippen LogP contribution is -2.57. The Morgan fingerprint density at radius 1 is 1.21 bits per heavy atom. The number of rotatable bonds is 4. The van der Waals surface area contributed by atoms with Crippen LogP contribution in [0.5, 0.6) is 0 Å². The molecule has 0 radical (unpaired) electrons. The topological polar surface area (TPSA) is 98.1 Å². The van der Waals surface area contributed by atoms with Crippen LogP contribution >= 0.6 is 0 Å². The molecule has 2 aromatic rings. The Hall–Kier alpha value is -3.47. The Morgan fingerprint density at radius 2 is 1.93 bits per heavy atom. The number of imide groups is 1. The molecule has 2 N–H and O–H groups in total. The average molecular weight is 393 g/mol. The van der Waals surface area contributed by atoms with E-state index in [-0.39, 0.29) is 17.6 Å². The van der Waals surface area contributed by atoms with Crippen molar-refractivity contribution in [3.05, 3.63) is 59.5 Å². The summed E-state index contributed by atoms with van der Waals surface area (Å²) in [6, 6.07) is 11.1. The third kappa shape index (κ3) is 3.51. The Morgan fingerprint density at radius 3 is 2.55 bits per heavy atom. The second-order valence-electron chi connectivity index (χ2n) is 7.43. The van der Waals surface area contributed by atoms with E-state index in [1.807, 2.05) is 4.90 Å². The first-order valence-corrected chi connectivity index (χ1v) is 9.50. The molecule has 8 heteroatoms. The molecule has 0 bridgehead atoms. The molecule has 0 spiro atoms. The number of anilines is 1. The Labute approximate surface area is 167 Å². The fraction of sp³-hybridized carbons (Fsp3) is 0.333. The number of carbonyl (C=O) groups excluding carboxylic acids is 2. The molecule has 148 valence electrons. The highest BCUT2D eigenvalue weighted by atomic mass is 19.1. The van der Waals surface area contributed by atoms with Crippen LogP contribution < -0.4 is 15.5 Å². The number of pyridine rings is 1. The lowest BCUT2D eigenvalue weighted by atomic mass is 9.74. The normalized spacial score (nSPS) is 22.1. The van der Waals surface area contributed by atoms with E-state index in [0.717, 1.165) is 5.56 Å². The van der Waals surface area contributed by atoms with Crippen molar-refractivity contribution in [2.24, 2.45) is 5.92 Å². The molecule has 2 fully saturated rings. The summed E-state index contributed by atoms with van der Waals surface area (Å²) in [5.74, 6) is -0.147. The summed E-state index contributed by atoms with van der Waals surface area (Å²) in [7, 11) is 0. The van der Waals surface area contributed by atoms with Crippen molar-refractivity contribution in [3.8, 4) is 6.07 Å². The van der Waals surface area contributed by atoms with Gasteiger partial charge < -0.3 is 10.2 Å². The van der Waals surface area contributed by atoms with Gasteiger partial charge in [-0.25, -0.2) is 14.2 Å². The van der Waals surface area contributed by atoms with Crippen LogP contribution in [-0.2, 0) is 11.2 Å². The monoisotopic (exact) mass is 393 g/mol. The second-order valence-corrected chi connectivity index (χ2v) is 7.43. The Bertz CT molecular complexity index is 979. The van der Waals surface area contributed by atoms with E-state index in [1.54, 1.807) is 30.5 Å². The van der Waals surface area contributed by atoms with Crippen LogP contribution in [-0.4, -0.2) is 35.6 Å². The van der Waals surface area contributed by atoms with Crippen LogP contribution in [0.3, 0.4) is 0 Å². The number of nitrogens with one attached hydrogen (secondary N) is 2. The highest BCUT2D eigenvalue weighted by Crippen LogP contribution is 2.35. The minimum Gasteiger partial charge on any atom is -0.356 e. The minimum absolute atomic E-state index is 0.0931. The van der Waals surface area contributed by atoms with Crippen LogP contribution in [0.2, 0.25) is 0 Å². The summed E-state index contributed by atoms with van der Waals surface area (Å²) in [4.78, 5) is 31.1. The van der Waals surface area contributed by atoms with Gasteiger partial charge >= 0.3 is 6.03 Å². The zero-order valence-corrected chi connectivity index (χ0v) is 15.7. The molecule has 0 aliphatic carbocycles. The molecule has 3 amide bonds. The first kappa shape index (κ1) is 18.9. The van der Waals surface area contributed by atoms with Crippen LogP contribution in [0.25, 0.3) is 0 Å². The van der Waals surface area contributed by atoms with Crippen LogP contribution in [0, 0.1) is 23.1 Å². The van der Waals surface area contributed by atoms with Crippen molar-refractivity contribution in [1.29, 1.82) is 5.26 Å². The number of benzene rings is 1. The highest BCUT2D eigenvalue weighted by molar-refractivity contribution is 6.07. The maximum Gasteiger partial charge on any atom is 0.322 e. The quantitative estimate of drug-likeness (QED) is 0.776. The highest BCUT2D eigenvalue weighted by Gasteiger charge is 2.52. The van der Waals surface area contributed by atoms with E-state index in [2.05, 4.69) is 21.7 Å². The number of piperidine rings is 1. The van der Waals surface area contributed by atoms with E-state index in [9.17, 15) is 19.2 Å². The van der Waals surface area contributed by atoms with E-state index in [1.165, 1.54) is 12.1 Å². The molecule has 2 aliphatic rings. The number of nitrogens with zero attached hydrogens (tertiary/aromatic N) is 3. The molecular formula is C21H20FN5O2. The molecule has 1 atom stereocenters. The molecule has 4 rings (SSSR count). The third-order valence-electron chi connectivity index (χ3n) is 5.76. The number of hydrogen-bond donors (Lipinski definition) is 2. The van der Waals surface area contributed by atoms with Crippen molar-refractivity contribution in [2.45, 2.75) is 24.8 Å². The Balaban J connectivity index is 1.56. The summed E-state index contributed by atoms with van der Waals surface area (Å²) < 4.78 is 13.3. The average Bonchev–Trinajstić information content (AvgIpc) is 3.03. The first-order chi connectivity index (χ1) is 14.0. The molecule has 0 saturated carbocycles. The van der Waals surface area contributed by atoms with Gasteiger partial charge in [0.2, 0.25) is 0 Å². The van der Waals surface area contributed by atoms with Gasteiger partial charge in [-0.05, 0) is 48.6 Å². The summed E-state index contributed by atoms with van der Waals surface area (Å²) >= 11 is 0. The fourth-order valence-corrected chi connectivity index (χ4v) is 4.31. The number of nitriles is 1.